The summed E-state index contributed by atoms with van der Waals surface area (Å²) in [4.78, 5) is 13.3. The van der Waals surface area contributed by atoms with Crippen molar-refractivity contribution in [2.45, 2.75) is 24.5 Å². The van der Waals surface area contributed by atoms with Gasteiger partial charge in [-0.1, -0.05) is 59.8 Å². The van der Waals surface area contributed by atoms with Gasteiger partial charge in [0, 0.05) is 17.4 Å². The number of nitrogen functional groups attached to an aromatic ring is 1. The van der Waals surface area contributed by atoms with Crippen molar-refractivity contribution in [3.8, 4) is 11.4 Å². The van der Waals surface area contributed by atoms with Crippen molar-refractivity contribution in [2.24, 2.45) is 5.10 Å². The molecule has 2 N–H and O–H groups in total. The number of aryl methyl sites for hydroxylation is 1. The minimum Gasteiger partial charge on any atom is -0.467 e. The van der Waals surface area contributed by atoms with Crippen molar-refractivity contribution in [1.29, 1.82) is 0 Å². The van der Waals surface area contributed by atoms with Crippen molar-refractivity contribution in [3.05, 3.63) is 90.1 Å². The lowest BCUT2D eigenvalue weighted by Crippen LogP contribution is -2.28. The zero-order valence-electron chi connectivity index (χ0n) is 19.4. The van der Waals surface area contributed by atoms with Crippen LogP contribution in [0.1, 0.15) is 29.5 Å². The molecule has 0 saturated heterocycles. The molecule has 9 nitrogen and oxygen atoms in total. The van der Waals surface area contributed by atoms with Crippen LogP contribution in [0, 0.1) is 6.92 Å². The number of nitrogens with zero attached hydrogens (tertiary/aromatic N) is 5. The molecule has 0 spiro atoms. The molecular weight excluding hydrogens is 476 g/mol. The highest BCUT2D eigenvalue weighted by molar-refractivity contribution is 7.99. The second-order valence-corrected chi connectivity index (χ2v) is 9.44. The molecule has 0 fully saturated rings. The van der Waals surface area contributed by atoms with Crippen LogP contribution in [0.5, 0.6) is 0 Å². The van der Waals surface area contributed by atoms with Crippen LogP contribution in [0.2, 0.25) is 0 Å². The van der Waals surface area contributed by atoms with E-state index in [0.29, 0.717) is 34.6 Å². The number of furan rings is 2. The lowest BCUT2D eigenvalue weighted by atomic mass is 10.1. The smallest absolute Gasteiger partial charge is 0.253 e. The van der Waals surface area contributed by atoms with Gasteiger partial charge in [0.05, 0.1) is 12.0 Å². The Morgan fingerprint density at radius 3 is 2.72 bits per heavy atom. The number of benzene rings is 2. The topological polar surface area (TPSA) is 116 Å². The number of amides is 1. The van der Waals surface area contributed by atoms with E-state index in [0.717, 1.165) is 22.1 Å². The fraction of sp³-hybridized carbons (Fsp3) is 0.154. The van der Waals surface area contributed by atoms with Gasteiger partial charge in [-0.2, -0.15) is 5.10 Å². The molecule has 3 aromatic heterocycles. The van der Waals surface area contributed by atoms with E-state index in [4.69, 9.17) is 14.7 Å². The number of nitrogens with two attached hydrogens (primary N) is 1. The number of hydrogen-bond acceptors (Lipinski definition) is 8. The Morgan fingerprint density at radius 2 is 1.94 bits per heavy atom. The highest BCUT2D eigenvalue weighted by atomic mass is 32.2. The molecule has 1 amide bonds. The molecule has 1 aliphatic rings. The molecular formula is C26H22N6O3S. The zero-order valence-corrected chi connectivity index (χ0v) is 20.2. The number of carbonyl (C=O) groups excluding carboxylic acids is 1. The first-order valence-corrected chi connectivity index (χ1v) is 12.4. The van der Waals surface area contributed by atoms with Gasteiger partial charge in [-0.3, -0.25) is 4.79 Å². The SMILES string of the molecule is Cc1ccc(-c2nnc(SCC(=O)N3N=C(c4cc5ccccc5o4)CC3c3ccco3)n2N)cc1. The zero-order chi connectivity index (χ0) is 24.6. The van der Waals surface area contributed by atoms with Gasteiger partial charge in [0.1, 0.15) is 23.1 Å². The van der Waals surface area contributed by atoms with E-state index in [9.17, 15) is 4.79 Å². The van der Waals surface area contributed by atoms with E-state index in [1.165, 1.54) is 21.4 Å². The lowest BCUT2D eigenvalue weighted by molar-refractivity contribution is -0.130. The van der Waals surface area contributed by atoms with Gasteiger partial charge >= 0.3 is 0 Å². The van der Waals surface area contributed by atoms with Crippen molar-refractivity contribution in [1.82, 2.24) is 19.9 Å². The third-order valence-corrected chi connectivity index (χ3v) is 6.97. The largest absolute Gasteiger partial charge is 0.467 e. The van der Waals surface area contributed by atoms with Gasteiger partial charge in [0.25, 0.3) is 5.91 Å². The Labute approximate surface area is 210 Å². The number of para-hydroxylation sites is 1. The van der Waals surface area contributed by atoms with Crippen molar-refractivity contribution >= 4 is 34.3 Å². The molecule has 36 heavy (non-hydrogen) atoms. The summed E-state index contributed by atoms with van der Waals surface area (Å²) in [6.45, 7) is 2.01. The summed E-state index contributed by atoms with van der Waals surface area (Å²) >= 11 is 1.21. The summed E-state index contributed by atoms with van der Waals surface area (Å²) in [5.74, 6) is 7.95. The molecule has 6 rings (SSSR count). The van der Waals surface area contributed by atoms with Crippen LogP contribution in [0.3, 0.4) is 0 Å². The van der Waals surface area contributed by atoms with E-state index in [-0.39, 0.29) is 17.7 Å². The predicted molar refractivity (Wildman–Crippen MR) is 137 cm³/mol. The van der Waals surface area contributed by atoms with Crippen LogP contribution >= 0.6 is 11.8 Å². The molecule has 0 aliphatic carbocycles. The first-order valence-electron chi connectivity index (χ1n) is 11.4. The first kappa shape index (κ1) is 22.2. The quantitative estimate of drug-likeness (QED) is 0.265. The number of hydrogen-bond donors (Lipinski definition) is 1. The lowest BCUT2D eigenvalue weighted by Gasteiger charge is -2.19. The van der Waals surface area contributed by atoms with Crippen molar-refractivity contribution < 1.29 is 13.6 Å². The second-order valence-electron chi connectivity index (χ2n) is 8.50. The Balaban J connectivity index is 1.23. The molecule has 1 atom stereocenters. The normalized spacial score (nSPS) is 15.5. The standard InChI is InChI=1S/C26H22N6O3S/c1-16-8-10-17(11-9-16)25-28-29-26(31(25)27)36-15-24(33)32-20(22-7-4-12-34-22)14-19(30-32)23-13-18-5-2-3-6-21(18)35-23/h2-13,20H,14-15,27H2,1H3. The predicted octanol–water partition coefficient (Wildman–Crippen LogP) is 4.78. The molecule has 5 aromatic rings. The fourth-order valence-electron chi connectivity index (χ4n) is 4.18. The van der Waals surface area contributed by atoms with E-state index in [1.807, 2.05) is 67.6 Å². The summed E-state index contributed by atoms with van der Waals surface area (Å²) in [6, 6.07) is 20.8. The summed E-state index contributed by atoms with van der Waals surface area (Å²) < 4.78 is 13.0. The molecule has 180 valence electrons. The molecule has 1 aliphatic heterocycles. The van der Waals surface area contributed by atoms with Crippen LogP contribution in [-0.2, 0) is 4.79 Å². The summed E-state index contributed by atoms with van der Waals surface area (Å²) in [7, 11) is 0. The van der Waals surface area contributed by atoms with Crippen LogP contribution in [0.15, 0.2) is 92.1 Å². The maximum Gasteiger partial charge on any atom is 0.253 e. The van der Waals surface area contributed by atoms with Gasteiger partial charge in [0.2, 0.25) is 5.16 Å². The Hall–Kier alpha value is -4.31. The van der Waals surface area contributed by atoms with Crippen LogP contribution < -0.4 is 5.84 Å². The van der Waals surface area contributed by atoms with Gasteiger partial charge in [-0.25, -0.2) is 9.69 Å². The Kier molecular flexibility index (Phi) is 5.57. The number of rotatable bonds is 6. The van der Waals surface area contributed by atoms with E-state index >= 15 is 0 Å². The molecule has 4 heterocycles. The Bertz CT molecular complexity index is 1540. The third kappa shape index (κ3) is 4.05. The Morgan fingerprint density at radius 1 is 1.11 bits per heavy atom. The molecule has 1 unspecified atom stereocenters. The van der Waals surface area contributed by atoms with E-state index in [2.05, 4.69) is 15.3 Å². The van der Waals surface area contributed by atoms with Gasteiger partial charge < -0.3 is 14.7 Å². The third-order valence-electron chi connectivity index (χ3n) is 6.05. The van der Waals surface area contributed by atoms with Gasteiger partial charge in [0.15, 0.2) is 11.6 Å². The molecule has 0 radical (unpaired) electrons. The average Bonchev–Trinajstić information content (AvgIpc) is 3.69. The number of thioether (sulfide) groups is 1. The van der Waals surface area contributed by atoms with E-state index < -0.39 is 0 Å². The number of aromatic nitrogens is 3. The monoisotopic (exact) mass is 498 g/mol. The van der Waals surface area contributed by atoms with Crippen LogP contribution in [0.25, 0.3) is 22.4 Å². The molecule has 0 bridgehead atoms. The minimum atomic E-state index is -0.366. The first-order chi connectivity index (χ1) is 17.6. The number of hydrazone groups is 1. The maximum absolute atomic E-state index is 13.3. The van der Waals surface area contributed by atoms with Crippen molar-refractivity contribution in [2.75, 3.05) is 11.6 Å². The average molecular weight is 499 g/mol. The fourth-order valence-corrected chi connectivity index (χ4v) is 4.89. The number of fused-ring (bicyclic) bond motifs is 1. The molecule has 2 aromatic carbocycles. The van der Waals surface area contributed by atoms with Crippen LogP contribution in [0.4, 0.5) is 0 Å². The maximum atomic E-state index is 13.3. The van der Waals surface area contributed by atoms with E-state index in [1.54, 1.807) is 12.3 Å². The van der Waals surface area contributed by atoms with Gasteiger partial charge in [-0.05, 0) is 31.2 Å². The summed E-state index contributed by atoms with van der Waals surface area (Å²) in [5.41, 5.74) is 3.46. The highest BCUT2D eigenvalue weighted by Gasteiger charge is 2.36. The van der Waals surface area contributed by atoms with Gasteiger partial charge in [-0.15, -0.1) is 10.2 Å². The summed E-state index contributed by atoms with van der Waals surface area (Å²) in [6.07, 6.45) is 2.07. The van der Waals surface area contributed by atoms with Crippen LogP contribution in [-0.4, -0.2) is 37.3 Å². The van der Waals surface area contributed by atoms with Crippen molar-refractivity contribution in [3.63, 3.8) is 0 Å². The minimum absolute atomic E-state index is 0.0807. The molecule has 10 heteroatoms. The number of carbonyl (C=O) groups is 1. The second kappa shape index (κ2) is 9.04. The highest BCUT2D eigenvalue weighted by Crippen LogP contribution is 2.35. The summed E-state index contributed by atoms with van der Waals surface area (Å²) in [5, 5.41) is 15.9. The molecule has 0 saturated carbocycles.